The van der Waals surface area contributed by atoms with Gasteiger partial charge >= 0.3 is 5.97 Å². The van der Waals surface area contributed by atoms with Crippen molar-refractivity contribution >= 4 is 161 Å². The Hall–Kier alpha value is -12.4. The molecule has 6 aromatic carbocycles. The van der Waals surface area contributed by atoms with E-state index in [2.05, 4.69) is 53.2 Å². The number of nitrogens with zero attached hydrogens (tertiary/aromatic N) is 2. The molecular formula is C94H118Cl3N17O23S3. The van der Waals surface area contributed by atoms with Crippen LogP contribution in [0.4, 0.5) is 5.69 Å². The highest BCUT2D eigenvalue weighted by molar-refractivity contribution is 8.00. The van der Waals surface area contributed by atoms with Gasteiger partial charge in [0.25, 0.3) is 20.2 Å². The fourth-order valence-corrected chi connectivity index (χ4v) is 21.3. The summed E-state index contributed by atoms with van der Waals surface area (Å²) in [6.07, 6.45) is 0.814. The summed E-state index contributed by atoms with van der Waals surface area (Å²) in [5.41, 5.74) is 21.7. The summed E-state index contributed by atoms with van der Waals surface area (Å²) in [5, 5.41) is 53.8. The maximum absolute atomic E-state index is 14.8. The number of unbranched alkanes of at least 4 members (excludes halogenated alkanes) is 3. The van der Waals surface area contributed by atoms with E-state index in [4.69, 9.17) is 77.6 Å². The van der Waals surface area contributed by atoms with Crippen LogP contribution in [0.15, 0.2) is 111 Å². The number of aromatic hydroxyl groups is 1. The summed E-state index contributed by atoms with van der Waals surface area (Å²) >= 11 is 22.0. The molecule has 0 radical (unpaired) electrons. The molecule has 23 N–H and O–H groups in total. The van der Waals surface area contributed by atoms with Crippen molar-refractivity contribution in [3.05, 3.63) is 161 Å². The molecule has 1 fully saturated rings. The molecule has 9 atom stereocenters. The Morgan fingerprint density at radius 1 is 0.607 bits per heavy atom. The number of hydrogen-bond acceptors (Lipinski definition) is 24. The molecule has 40 nitrogen and oxygen atoms in total. The van der Waals surface area contributed by atoms with E-state index in [1.807, 2.05) is 0 Å². The first-order valence-corrected chi connectivity index (χ1v) is 50.5. The number of nitrogens with one attached hydrogen (secondary N) is 11. The molecule has 0 bridgehead atoms. The number of carboxylic acids is 1. The Morgan fingerprint density at radius 2 is 1.19 bits per heavy atom. The normalized spacial score (nSPS) is 16.7. The van der Waals surface area contributed by atoms with Crippen LogP contribution in [-0.2, 0) is 97.0 Å². The minimum absolute atomic E-state index is 0.00121. The summed E-state index contributed by atoms with van der Waals surface area (Å²) in [6.45, 7) is 10.9. The van der Waals surface area contributed by atoms with Crippen molar-refractivity contribution in [2.75, 3.05) is 44.4 Å². The number of rotatable bonds is 48. The number of benzene rings is 6. The van der Waals surface area contributed by atoms with E-state index in [-0.39, 0.29) is 146 Å². The molecule has 2 unspecified atom stereocenters. The van der Waals surface area contributed by atoms with Gasteiger partial charge in [-0.15, -0.1) is 11.8 Å². The van der Waals surface area contributed by atoms with E-state index in [1.54, 1.807) is 108 Å². The van der Waals surface area contributed by atoms with Crippen LogP contribution in [0, 0.1) is 5.41 Å². The number of methoxy groups -OCH3 is 1. The quantitative estimate of drug-likeness (QED) is 0.00561. The standard InChI is InChI=1S/C94H118Cl3N17O23S3/c1-48-45-93(3,4)112-77-55(48)42-57-71(58-43-56-49(2)46-94(5,6)113-78(56)83(140(133,134)135)80(58)137-79(57)82(77)139(130,131)132)72-73(91(128)129)74(95)76(97)81(75(72)96)138-47-70(120)104-36-14-9-12-23-68(118)103-37-15-13-20-59(84(100)121)107-89(126)65-22-17-39-114(65)90(127)61(21-16-38-105-92(101)102)109-88(125)64(44-67(99)117)111-85(122)60(33-34-66(98)116)108-87(124)63(40-51-18-10-8-11-19-51)110-86(123)62(41-52-26-31-54(136-7)32-27-52)106-69(119)35-28-50-24-29-53(115)30-25-50/h8,10-11,18-19,24-27,29-32,42-43,48-49,59-65,112,115H,9,12-17,20-23,28,33-41,44-47H2,1-7H3,(H2,98,116)(H2,99,117)(H2,100,121)(H,103,118)(H,104,120)(H,106,119)(H,107,126)(H,108,124)(H,109,125)(H,110,123)(H,111,122)(H,128,129)(H4,101,102,105)(H,130,131,132)(H,133,134,135)/t48?,49?,59-,60-,61-,62+,63-,64-,65-/m0/s1. The highest BCUT2D eigenvalue weighted by atomic mass is 35.5. The van der Waals surface area contributed by atoms with Gasteiger partial charge in [0.15, 0.2) is 27.2 Å². The van der Waals surface area contributed by atoms with Crippen molar-refractivity contribution in [1.82, 2.24) is 52.8 Å². The third kappa shape index (κ3) is 29.2. The van der Waals surface area contributed by atoms with E-state index in [0.29, 0.717) is 61.0 Å². The second-order valence-corrected chi connectivity index (χ2v) is 41.2. The van der Waals surface area contributed by atoms with Crippen LogP contribution in [0.5, 0.6) is 23.0 Å². The lowest BCUT2D eigenvalue weighted by atomic mass is 9.79. The molecule has 0 spiro atoms. The zero-order valence-corrected chi connectivity index (χ0v) is 82.9. The van der Waals surface area contributed by atoms with Crippen molar-refractivity contribution < 1.29 is 108 Å². The number of primary amides is 3. The molecule has 46 heteroatoms. The minimum atomic E-state index is -5.39. The topological polar surface area (TPSA) is 653 Å². The number of aromatic carboxylic acids is 1. The van der Waals surface area contributed by atoms with Gasteiger partial charge in [0.2, 0.25) is 70.9 Å². The highest BCUT2D eigenvalue weighted by Crippen LogP contribution is 2.55. The number of hydrogen-bond donors (Lipinski definition) is 19. The molecule has 140 heavy (non-hydrogen) atoms. The van der Waals surface area contributed by atoms with Gasteiger partial charge in [-0.3, -0.25) is 77.0 Å². The van der Waals surface area contributed by atoms with Crippen LogP contribution in [-0.4, -0.2) is 216 Å². The van der Waals surface area contributed by atoms with E-state index in [9.17, 15) is 98.5 Å². The number of anilines is 1. The Morgan fingerprint density at radius 3 is 1.81 bits per heavy atom. The molecule has 756 valence electrons. The van der Waals surface area contributed by atoms with E-state index >= 15 is 0 Å². The second-order valence-electron chi connectivity index (χ2n) is 36.3. The number of carboxylic acid groups (broad SMARTS) is 1. The van der Waals surface area contributed by atoms with Crippen molar-refractivity contribution in [3.8, 4) is 23.0 Å². The summed E-state index contributed by atoms with van der Waals surface area (Å²) in [5.74, 6) is -14.3. The van der Waals surface area contributed by atoms with Gasteiger partial charge < -0.3 is 101 Å². The molecule has 4 heterocycles. The smallest absolute Gasteiger partial charge is 0.337 e. The first kappa shape index (κ1) is 110. The van der Waals surface area contributed by atoms with Crippen LogP contribution >= 0.6 is 46.6 Å². The van der Waals surface area contributed by atoms with Crippen LogP contribution in [0.3, 0.4) is 0 Å². The largest absolute Gasteiger partial charge is 0.508 e. The third-order valence-corrected chi connectivity index (χ3v) is 28.6. The average molecular weight is 2060 g/mol. The lowest BCUT2D eigenvalue weighted by Gasteiger charge is -2.40. The van der Waals surface area contributed by atoms with Gasteiger partial charge in [-0.25, -0.2) is 4.79 Å². The Balaban J connectivity index is 0.737. The van der Waals surface area contributed by atoms with Gasteiger partial charge in [0.05, 0.1) is 56.5 Å². The number of phenols is 1. The van der Waals surface area contributed by atoms with Crippen molar-refractivity contribution in [2.24, 2.45) is 27.9 Å². The van der Waals surface area contributed by atoms with Crippen LogP contribution in [0.25, 0.3) is 5.57 Å². The Bertz CT molecular complexity index is 6140. The van der Waals surface area contributed by atoms with Crippen molar-refractivity contribution in [3.63, 3.8) is 0 Å². The van der Waals surface area contributed by atoms with Crippen LogP contribution < -0.4 is 96.2 Å². The highest BCUT2D eigenvalue weighted by Gasteiger charge is 2.46. The van der Waals surface area contributed by atoms with Crippen molar-refractivity contribution in [2.45, 2.75) is 250 Å². The molecule has 10 rings (SSSR count). The summed E-state index contributed by atoms with van der Waals surface area (Å²) in [4.78, 5) is 184. The number of amides is 12. The SMILES string of the molecule is COc1ccc(C[C@@H](NC(=O)CCc2ccc(O)cc2)C(=O)N[C@@H](Cc2ccccc2)C(=O)N[C@@H](CCC(N)=O)C(=O)N[C@@H](CC(N)=O)C(=O)N[C@@H](CCCNC(=N)N)C(=O)N2CCC[C@H]2C(=O)N[C@@H](CCCCNC(=O)CCCCCNC(=O)CSc2c(Cl)c(Cl)c(C(=O)O)c(C3=c4cc5c(c(S(=O)(=O)O)c4Oc4c3cc3c(c4S(=O)(=O)O)NC(C)(C)CC3C)=NC(C)(C)CC5C)c2Cl)C(N)=O)cc1. The fourth-order valence-electron chi connectivity index (χ4n) is 17.7. The number of likely N-dealkylation sites (tertiary alicyclic amines) is 1. The van der Waals surface area contributed by atoms with Crippen LogP contribution in [0.1, 0.15) is 212 Å². The van der Waals surface area contributed by atoms with Gasteiger partial charge in [0.1, 0.15) is 53.8 Å². The Kier molecular flexibility index (Phi) is 37.7. The maximum Gasteiger partial charge on any atom is 0.337 e. The number of thioether (sulfide) groups is 1. The second kappa shape index (κ2) is 48.2. The molecule has 12 amide bonds. The average Bonchev–Trinajstić information content (AvgIpc) is 0.787. The molecule has 0 aliphatic carbocycles. The van der Waals surface area contributed by atoms with Gasteiger partial charge in [-0.05, 0) is 187 Å². The number of phenolic OH excluding ortho intramolecular Hbond substituents is 1. The van der Waals surface area contributed by atoms with Crippen LogP contribution in [0.2, 0.25) is 15.1 Å². The first-order valence-electron chi connectivity index (χ1n) is 45.5. The summed E-state index contributed by atoms with van der Waals surface area (Å²) in [7, 11) is -9.28. The predicted molar refractivity (Wildman–Crippen MR) is 520 cm³/mol. The predicted octanol–water partition coefficient (Wildman–Crippen LogP) is 5.47. The van der Waals surface area contributed by atoms with Gasteiger partial charge in [-0.2, -0.15) is 16.8 Å². The number of nitrogens with two attached hydrogens (primary N) is 4. The molecule has 0 aromatic heterocycles. The molecule has 1 saturated heterocycles. The zero-order chi connectivity index (χ0) is 103. The fraction of sp³-hybridized carbons (Fsp3) is 0.457. The van der Waals surface area contributed by atoms with E-state index in [1.165, 1.54) is 36.3 Å². The van der Waals surface area contributed by atoms with E-state index in [0.717, 1.165) is 17.3 Å². The molecular weight excluding hydrogens is 1940 g/mol. The van der Waals surface area contributed by atoms with Gasteiger partial charge in [-0.1, -0.05) is 110 Å². The van der Waals surface area contributed by atoms with Crippen molar-refractivity contribution in [1.29, 1.82) is 5.41 Å². The Labute approximate surface area is 828 Å². The van der Waals surface area contributed by atoms with Gasteiger partial charge in [0, 0.05) is 90.6 Å². The third-order valence-electron chi connectivity index (χ3n) is 24.3. The number of halogens is 3. The number of guanidine groups is 1. The number of ether oxygens (including phenoxy) is 2. The summed E-state index contributed by atoms with van der Waals surface area (Å²) < 4.78 is 89.7. The number of carbonyl (C=O) groups excluding carboxylic acids is 12. The minimum Gasteiger partial charge on any atom is -0.508 e. The zero-order valence-electron chi connectivity index (χ0n) is 78.1. The molecule has 6 aromatic rings. The first-order chi connectivity index (χ1) is 65.9. The molecule has 4 aliphatic rings. The lowest BCUT2D eigenvalue weighted by molar-refractivity contribution is -0.142. The molecule has 0 saturated carbocycles. The maximum atomic E-state index is 14.8. The number of aryl methyl sites for hydroxylation is 1. The lowest BCUT2D eigenvalue weighted by Crippen LogP contribution is -2.60. The number of fused-ring (bicyclic) bond motifs is 4. The monoisotopic (exact) mass is 2050 g/mol. The summed E-state index contributed by atoms with van der Waals surface area (Å²) in [6, 6.07) is 13.9. The molecule has 4 aliphatic heterocycles. The van der Waals surface area contributed by atoms with E-state index < -0.39 is 235 Å². The number of carbonyl (C=O) groups is 13.